The molecule has 0 spiro atoms. The summed E-state index contributed by atoms with van der Waals surface area (Å²) in [5, 5.41) is 9.64. The standard InChI is InChI=1S/C17H25NO3/c1-3-17(20)18-10-14(13-8-6-5-7-9-13)15(11-18)16(12-19)21-4-2/h5-9,14-16,19H,3-4,10-12H2,1-2H3/t14-,15+,16+/m1/s1. The Hall–Kier alpha value is -1.39. The third-order valence-corrected chi connectivity index (χ3v) is 4.29. The number of amides is 1. The van der Waals surface area contributed by atoms with Crippen LogP contribution >= 0.6 is 0 Å². The van der Waals surface area contributed by atoms with E-state index in [1.165, 1.54) is 5.56 Å². The van der Waals surface area contributed by atoms with Crippen LogP contribution in [0.2, 0.25) is 0 Å². The quantitative estimate of drug-likeness (QED) is 0.872. The Morgan fingerprint density at radius 1 is 1.33 bits per heavy atom. The molecule has 1 fully saturated rings. The second-order valence-corrected chi connectivity index (χ2v) is 5.51. The molecule has 1 saturated heterocycles. The fourth-order valence-corrected chi connectivity index (χ4v) is 3.21. The van der Waals surface area contributed by atoms with Crippen LogP contribution in [0.4, 0.5) is 0 Å². The van der Waals surface area contributed by atoms with Crippen molar-refractivity contribution in [2.45, 2.75) is 32.3 Å². The number of carbonyl (C=O) groups excluding carboxylic acids is 1. The molecule has 0 unspecified atom stereocenters. The van der Waals surface area contributed by atoms with Gasteiger partial charge in [0.05, 0.1) is 12.7 Å². The molecule has 116 valence electrons. The first-order valence-corrected chi connectivity index (χ1v) is 7.76. The van der Waals surface area contributed by atoms with Crippen LogP contribution in [0.3, 0.4) is 0 Å². The van der Waals surface area contributed by atoms with Gasteiger partial charge in [0.2, 0.25) is 5.91 Å². The van der Waals surface area contributed by atoms with E-state index in [9.17, 15) is 9.90 Å². The monoisotopic (exact) mass is 291 g/mol. The summed E-state index contributed by atoms with van der Waals surface area (Å²) in [5.74, 6) is 0.546. The number of nitrogens with zero attached hydrogens (tertiary/aromatic N) is 1. The number of aliphatic hydroxyl groups excluding tert-OH is 1. The molecule has 3 atom stereocenters. The molecule has 21 heavy (non-hydrogen) atoms. The molecule has 1 aliphatic rings. The molecular formula is C17H25NO3. The van der Waals surface area contributed by atoms with Crippen molar-refractivity contribution in [3.8, 4) is 0 Å². The molecular weight excluding hydrogens is 266 g/mol. The minimum atomic E-state index is -0.213. The van der Waals surface area contributed by atoms with Gasteiger partial charge in [0.1, 0.15) is 0 Å². The van der Waals surface area contributed by atoms with Crippen LogP contribution < -0.4 is 0 Å². The van der Waals surface area contributed by atoms with Crippen molar-refractivity contribution in [2.75, 3.05) is 26.3 Å². The Bertz CT molecular complexity index is 449. The second-order valence-electron chi connectivity index (χ2n) is 5.51. The minimum absolute atomic E-state index is 0.00397. The van der Waals surface area contributed by atoms with E-state index in [0.29, 0.717) is 26.1 Å². The lowest BCUT2D eigenvalue weighted by Crippen LogP contribution is -2.34. The number of ether oxygens (including phenoxy) is 1. The third kappa shape index (κ3) is 3.63. The Kier molecular flexibility index (Phi) is 5.76. The molecule has 0 aliphatic carbocycles. The van der Waals surface area contributed by atoms with Gasteiger partial charge in [-0.25, -0.2) is 0 Å². The van der Waals surface area contributed by atoms with Gasteiger partial charge in [0.15, 0.2) is 0 Å². The first-order valence-electron chi connectivity index (χ1n) is 7.76. The number of benzene rings is 1. The average Bonchev–Trinajstić information content (AvgIpc) is 2.97. The van der Waals surface area contributed by atoms with E-state index in [2.05, 4.69) is 12.1 Å². The molecule has 1 aromatic rings. The molecule has 1 heterocycles. The van der Waals surface area contributed by atoms with E-state index in [0.717, 1.165) is 0 Å². The largest absolute Gasteiger partial charge is 0.394 e. The zero-order valence-electron chi connectivity index (χ0n) is 12.9. The number of hydrogen-bond donors (Lipinski definition) is 1. The SMILES string of the molecule is CCO[C@@H](CO)[C@H]1CN(C(=O)CC)C[C@@H]1c1ccccc1. The number of likely N-dealkylation sites (tertiary alicyclic amines) is 1. The van der Waals surface area contributed by atoms with Gasteiger partial charge in [-0.15, -0.1) is 0 Å². The Labute approximate surface area is 126 Å². The summed E-state index contributed by atoms with van der Waals surface area (Å²) in [6.45, 7) is 5.77. The summed E-state index contributed by atoms with van der Waals surface area (Å²) in [6, 6.07) is 10.2. The maximum Gasteiger partial charge on any atom is 0.222 e. The van der Waals surface area contributed by atoms with Crippen LogP contribution in [0.1, 0.15) is 31.7 Å². The van der Waals surface area contributed by atoms with Crippen LogP contribution in [0.25, 0.3) is 0 Å². The molecule has 4 nitrogen and oxygen atoms in total. The van der Waals surface area contributed by atoms with E-state index in [1.54, 1.807) is 0 Å². The molecule has 0 bridgehead atoms. The second kappa shape index (κ2) is 7.57. The maximum atomic E-state index is 12.0. The highest BCUT2D eigenvalue weighted by atomic mass is 16.5. The van der Waals surface area contributed by atoms with Crippen molar-refractivity contribution in [3.63, 3.8) is 0 Å². The molecule has 1 aromatic carbocycles. The molecule has 1 amide bonds. The van der Waals surface area contributed by atoms with E-state index >= 15 is 0 Å². The van der Waals surface area contributed by atoms with E-state index in [1.807, 2.05) is 36.9 Å². The summed E-state index contributed by atoms with van der Waals surface area (Å²) >= 11 is 0. The number of aliphatic hydroxyl groups is 1. The summed E-state index contributed by atoms with van der Waals surface area (Å²) in [5.41, 5.74) is 1.21. The highest BCUT2D eigenvalue weighted by molar-refractivity contribution is 5.76. The fraction of sp³-hybridized carbons (Fsp3) is 0.588. The van der Waals surface area contributed by atoms with Crippen LogP contribution in [-0.2, 0) is 9.53 Å². The Morgan fingerprint density at radius 2 is 2.05 bits per heavy atom. The normalized spacial score (nSPS) is 23.3. The highest BCUT2D eigenvalue weighted by Crippen LogP contribution is 2.36. The van der Waals surface area contributed by atoms with E-state index in [4.69, 9.17) is 4.74 Å². The average molecular weight is 291 g/mol. The summed E-state index contributed by atoms with van der Waals surface area (Å²) in [4.78, 5) is 13.9. The summed E-state index contributed by atoms with van der Waals surface area (Å²) in [6.07, 6.45) is 0.307. The lowest BCUT2D eigenvalue weighted by molar-refractivity contribution is -0.130. The van der Waals surface area contributed by atoms with Crippen LogP contribution in [0.15, 0.2) is 30.3 Å². The molecule has 0 saturated carbocycles. The van der Waals surface area contributed by atoms with E-state index < -0.39 is 0 Å². The smallest absolute Gasteiger partial charge is 0.222 e. The third-order valence-electron chi connectivity index (χ3n) is 4.29. The van der Waals surface area contributed by atoms with Crippen LogP contribution in [-0.4, -0.2) is 48.3 Å². The molecule has 0 aromatic heterocycles. The van der Waals surface area contributed by atoms with Crippen molar-refractivity contribution in [1.29, 1.82) is 0 Å². The Morgan fingerprint density at radius 3 is 2.62 bits per heavy atom. The predicted octanol–water partition coefficient (Wildman–Crippen LogP) is 2.04. The summed E-state index contributed by atoms with van der Waals surface area (Å²) < 4.78 is 5.70. The van der Waals surface area contributed by atoms with Gasteiger partial charge in [-0.1, -0.05) is 37.3 Å². The van der Waals surface area contributed by atoms with Crippen LogP contribution in [0, 0.1) is 5.92 Å². The Balaban J connectivity index is 2.23. The topological polar surface area (TPSA) is 49.8 Å². The van der Waals surface area contributed by atoms with Crippen molar-refractivity contribution < 1.29 is 14.6 Å². The number of carbonyl (C=O) groups is 1. The van der Waals surface area contributed by atoms with Crippen molar-refractivity contribution >= 4 is 5.91 Å². The fourth-order valence-electron chi connectivity index (χ4n) is 3.21. The number of hydrogen-bond acceptors (Lipinski definition) is 3. The number of rotatable bonds is 6. The predicted molar refractivity (Wildman–Crippen MR) is 82.0 cm³/mol. The maximum absolute atomic E-state index is 12.0. The lowest BCUT2D eigenvalue weighted by atomic mass is 9.85. The van der Waals surface area contributed by atoms with Crippen LogP contribution in [0.5, 0.6) is 0 Å². The summed E-state index contributed by atoms with van der Waals surface area (Å²) in [7, 11) is 0. The van der Waals surface area contributed by atoms with Gasteiger partial charge >= 0.3 is 0 Å². The zero-order valence-corrected chi connectivity index (χ0v) is 12.9. The first-order chi connectivity index (χ1) is 10.2. The zero-order chi connectivity index (χ0) is 15.2. The molecule has 1 aliphatic heterocycles. The minimum Gasteiger partial charge on any atom is -0.394 e. The first kappa shape index (κ1) is 16.0. The molecule has 2 rings (SSSR count). The molecule has 1 N–H and O–H groups in total. The van der Waals surface area contributed by atoms with Gasteiger partial charge in [-0.2, -0.15) is 0 Å². The van der Waals surface area contributed by atoms with Gasteiger partial charge in [0, 0.05) is 38.0 Å². The molecule has 4 heteroatoms. The van der Waals surface area contributed by atoms with Gasteiger partial charge < -0.3 is 14.7 Å². The highest BCUT2D eigenvalue weighted by Gasteiger charge is 2.40. The van der Waals surface area contributed by atoms with E-state index in [-0.39, 0.29) is 30.5 Å². The van der Waals surface area contributed by atoms with Crippen molar-refractivity contribution in [3.05, 3.63) is 35.9 Å². The van der Waals surface area contributed by atoms with Crippen molar-refractivity contribution in [1.82, 2.24) is 4.90 Å². The lowest BCUT2D eigenvalue weighted by Gasteiger charge is -2.26. The van der Waals surface area contributed by atoms with Gasteiger partial charge in [-0.3, -0.25) is 4.79 Å². The van der Waals surface area contributed by atoms with Gasteiger partial charge in [-0.05, 0) is 12.5 Å². The van der Waals surface area contributed by atoms with Gasteiger partial charge in [0.25, 0.3) is 0 Å². The van der Waals surface area contributed by atoms with Crippen molar-refractivity contribution in [2.24, 2.45) is 5.92 Å². The molecule has 0 radical (unpaired) electrons.